The molecule has 0 amide bonds. The van der Waals surface area contributed by atoms with Crippen molar-refractivity contribution in [3.05, 3.63) is 35.9 Å². The number of aromatic nitrogens is 2. The fraction of sp³-hybridized carbons (Fsp3) is 0.385. The van der Waals surface area contributed by atoms with E-state index in [1.54, 1.807) is 6.26 Å². The van der Waals surface area contributed by atoms with Crippen molar-refractivity contribution in [2.45, 2.75) is 13.0 Å². The molecule has 1 aliphatic rings. The molecule has 3 rings (SSSR count). The number of rotatable bonds is 3. The highest BCUT2D eigenvalue weighted by Gasteiger charge is 2.18. The van der Waals surface area contributed by atoms with E-state index in [2.05, 4.69) is 14.9 Å². The standard InChI is InChI=1S/C13H14ClN3O/c14-4-6-17-5-3-10-8-15-13(16-11(10)9-17)12-2-1-7-18-12/h1-2,7-8H,3-6,9H2. The molecule has 94 valence electrons. The van der Waals surface area contributed by atoms with Gasteiger partial charge in [-0.2, -0.15) is 0 Å². The van der Waals surface area contributed by atoms with Gasteiger partial charge in [0.25, 0.3) is 0 Å². The molecule has 2 aromatic heterocycles. The van der Waals surface area contributed by atoms with Gasteiger partial charge in [0.05, 0.1) is 12.0 Å². The Bertz CT molecular complexity index is 527. The lowest BCUT2D eigenvalue weighted by molar-refractivity contribution is 0.265. The maximum Gasteiger partial charge on any atom is 0.195 e. The zero-order valence-electron chi connectivity index (χ0n) is 9.97. The Morgan fingerprint density at radius 2 is 2.39 bits per heavy atom. The topological polar surface area (TPSA) is 42.2 Å². The predicted molar refractivity (Wildman–Crippen MR) is 69.4 cm³/mol. The summed E-state index contributed by atoms with van der Waals surface area (Å²) < 4.78 is 5.33. The average Bonchev–Trinajstić information content (AvgIpc) is 2.92. The highest BCUT2D eigenvalue weighted by molar-refractivity contribution is 6.18. The molecule has 0 fully saturated rings. The van der Waals surface area contributed by atoms with Gasteiger partial charge in [-0.05, 0) is 24.1 Å². The highest BCUT2D eigenvalue weighted by atomic mass is 35.5. The van der Waals surface area contributed by atoms with E-state index in [0.29, 0.717) is 17.5 Å². The third kappa shape index (κ3) is 2.26. The fourth-order valence-corrected chi connectivity index (χ4v) is 2.43. The van der Waals surface area contributed by atoms with Crippen molar-refractivity contribution in [1.82, 2.24) is 14.9 Å². The zero-order valence-corrected chi connectivity index (χ0v) is 10.7. The van der Waals surface area contributed by atoms with E-state index in [1.165, 1.54) is 5.56 Å². The van der Waals surface area contributed by atoms with Gasteiger partial charge in [-0.1, -0.05) is 0 Å². The van der Waals surface area contributed by atoms with Crippen molar-refractivity contribution in [1.29, 1.82) is 0 Å². The van der Waals surface area contributed by atoms with Crippen LogP contribution >= 0.6 is 11.6 Å². The molecular formula is C13H14ClN3O. The average molecular weight is 264 g/mol. The van der Waals surface area contributed by atoms with E-state index in [9.17, 15) is 0 Å². The molecule has 0 aromatic carbocycles. The van der Waals surface area contributed by atoms with Crippen LogP contribution in [0.15, 0.2) is 29.0 Å². The molecule has 0 aliphatic carbocycles. The number of furan rings is 1. The number of alkyl halides is 1. The molecule has 18 heavy (non-hydrogen) atoms. The van der Waals surface area contributed by atoms with E-state index in [4.69, 9.17) is 16.0 Å². The van der Waals surface area contributed by atoms with Gasteiger partial charge in [0.2, 0.25) is 0 Å². The van der Waals surface area contributed by atoms with Crippen LogP contribution in [0, 0.1) is 0 Å². The summed E-state index contributed by atoms with van der Waals surface area (Å²) in [4.78, 5) is 11.3. The summed E-state index contributed by atoms with van der Waals surface area (Å²) in [5, 5.41) is 0. The smallest absolute Gasteiger partial charge is 0.195 e. The number of nitrogens with zero attached hydrogens (tertiary/aromatic N) is 3. The van der Waals surface area contributed by atoms with E-state index in [1.807, 2.05) is 18.3 Å². The summed E-state index contributed by atoms with van der Waals surface area (Å²) in [6, 6.07) is 3.72. The molecular weight excluding hydrogens is 250 g/mol. The molecule has 0 radical (unpaired) electrons. The lowest BCUT2D eigenvalue weighted by atomic mass is 10.1. The van der Waals surface area contributed by atoms with E-state index in [0.717, 1.165) is 31.7 Å². The summed E-state index contributed by atoms with van der Waals surface area (Å²) in [5.74, 6) is 2.03. The van der Waals surface area contributed by atoms with Crippen LogP contribution in [0.3, 0.4) is 0 Å². The minimum atomic E-state index is 0.658. The molecule has 0 atom stereocenters. The number of halogens is 1. The van der Waals surface area contributed by atoms with E-state index in [-0.39, 0.29) is 0 Å². The Balaban J connectivity index is 1.88. The summed E-state index contributed by atoms with van der Waals surface area (Å²) in [5.41, 5.74) is 2.32. The predicted octanol–water partition coefficient (Wildman–Crippen LogP) is 2.33. The molecule has 4 nitrogen and oxygen atoms in total. The van der Waals surface area contributed by atoms with Crippen molar-refractivity contribution in [3.63, 3.8) is 0 Å². The van der Waals surface area contributed by atoms with Gasteiger partial charge in [0.15, 0.2) is 11.6 Å². The second-order valence-electron chi connectivity index (χ2n) is 4.36. The van der Waals surface area contributed by atoms with Gasteiger partial charge in [-0.25, -0.2) is 9.97 Å². The van der Waals surface area contributed by atoms with Crippen molar-refractivity contribution in [2.24, 2.45) is 0 Å². The first-order chi connectivity index (χ1) is 8.86. The summed E-state index contributed by atoms with van der Waals surface area (Å²) >= 11 is 5.79. The molecule has 0 unspecified atom stereocenters. The van der Waals surface area contributed by atoms with Crippen molar-refractivity contribution in [2.75, 3.05) is 19.0 Å². The lowest BCUT2D eigenvalue weighted by Gasteiger charge is -2.26. The molecule has 1 aliphatic heterocycles. The molecule has 2 aromatic rings. The maximum absolute atomic E-state index is 5.79. The maximum atomic E-state index is 5.79. The fourth-order valence-electron chi connectivity index (χ4n) is 2.19. The van der Waals surface area contributed by atoms with Crippen molar-refractivity contribution < 1.29 is 4.42 Å². The van der Waals surface area contributed by atoms with Crippen molar-refractivity contribution in [3.8, 4) is 11.6 Å². The van der Waals surface area contributed by atoms with Crippen LogP contribution in [0.25, 0.3) is 11.6 Å². The Hall–Kier alpha value is -1.39. The van der Waals surface area contributed by atoms with E-state index >= 15 is 0 Å². The molecule has 0 saturated heterocycles. The first-order valence-corrected chi connectivity index (χ1v) is 6.57. The molecule has 3 heterocycles. The van der Waals surface area contributed by atoms with Gasteiger partial charge in [-0.3, -0.25) is 4.90 Å². The van der Waals surface area contributed by atoms with Crippen LogP contribution in [-0.4, -0.2) is 33.8 Å². The zero-order chi connectivity index (χ0) is 12.4. The van der Waals surface area contributed by atoms with Crippen molar-refractivity contribution >= 4 is 11.6 Å². The summed E-state index contributed by atoms with van der Waals surface area (Å²) in [6.45, 7) is 2.78. The molecule has 0 saturated carbocycles. The minimum Gasteiger partial charge on any atom is -0.461 e. The van der Waals surface area contributed by atoms with Gasteiger partial charge in [0, 0.05) is 31.7 Å². The minimum absolute atomic E-state index is 0.658. The van der Waals surface area contributed by atoms with Crippen LogP contribution in [0.5, 0.6) is 0 Å². The third-order valence-electron chi connectivity index (χ3n) is 3.17. The van der Waals surface area contributed by atoms with Crippen LogP contribution in [0.1, 0.15) is 11.3 Å². The SMILES string of the molecule is ClCCN1CCc2cnc(-c3ccco3)nc2C1. The Kier molecular flexibility index (Phi) is 3.30. The molecule has 0 bridgehead atoms. The third-order valence-corrected chi connectivity index (χ3v) is 3.34. The largest absolute Gasteiger partial charge is 0.461 e. The van der Waals surface area contributed by atoms with Crippen LogP contribution in [0.2, 0.25) is 0 Å². The Labute approximate surface area is 111 Å². The first kappa shape index (κ1) is 11.7. The van der Waals surface area contributed by atoms with Gasteiger partial charge in [-0.15, -0.1) is 11.6 Å². The summed E-state index contributed by atoms with van der Waals surface area (Å²) in [7, 11) is 0. The second kappa shape index (κ2) is 5.08. The monoisotopic (exact) mass is 263 g/mol. The van der Waals surface area contributed by atoms with Crippen LogP contribution in [-0.2, 0) is 13.0 Å². The highest BCUT2D eigenvalue weighted by Crippen LogP contribution is 2.21. The number of hydrogen-bond donors (Lipinski definition) is 0. The lowest BCUT2D eigenvalue weighted by Crippen LogP contribution is -2.32. The van der Waals surface area contributed by atoms with E-state index < -0.39 is 0 Å². The number of hydrogen-bond acceptors (Lipinski definition) is 4. The Morgan fingerprint density at radius 1 is 1.44 bits per heavy atom. The summed E-state index contributed by atoms with van der Waals surface area (Å²) in [6.07, 6.45) is 4.54. The van der Waals surface area contributed by atoms with Crippen LogP contribution < -0.4 is 0 Å². The molecule has 0 spiro atoms. The molecule has 0 N–H and O–H groups in total. The van der Waals surface area contributed by atoms with Gasteiger partial charge in [0.1, 0.15) is 0 Å². The molecule has 5 heteroatoms. The normalized spacial score (nSPS) is 15.6. The Morgan fingerprint density at radius 3 is 3.17 bits per heavy atom. The quantitative estimate of drug-likeness (QED) is 0.797. The second-order valence-corrected chi connectivity index (χ2v) is 4.74. The number of fused-ring (bicyclic) bond motifs is 1. The first-order valence-electron chi connectivity index (χ1n) is 6.04. The van der Waals surface area contributed by atoms with Gasteiger partial charge >= 0.3 is 0 Å². The van der Waals surface area contributed by atoms with Crippen LogP contribution in [0.4, 0.5) is 0 Å². The van der Waals surface area contributed by atoms with Gasteiger partial charge < -0.3 is 4.42 Å².